The second-order valence-electron chi connectivity index (χ2n) is 5.67. The number of para-hydroxylation sites is 1. The molecule has 7 heteroatoms. The molecule has 0 heterocycles. The van der Waals surface area contributed by atoms with Gasteiger partial charge in [0.15, 0.2) is 0 Å². The van der Waals surface area contributed by atoms with E-state index in [0.29, 0.717) is 18.5 Å². The Labute approximate surface area is 151 Å². The molecule has 2 aromatic rings. The molecule has 0 saturated heterocycles. The number of unbranched alkanes of at least 4 members (excludes halogenated alkanes) is 1. The number of aliphatic hydroxyl groups is 2. The zero-order valence-corrected chi connectivity index (χ0v) is 14.4. The van der Waals surface area contributed by atoms with E-state index in [4.69, 9.17) is 15.1 Å². The van der Waals surface area contributed by atoms with Crippen molar-refractivity contribution >= 4 is 17.3 Å². The maximum absolute atomic E-state index is 14.4. The normalized spacial score (nSPS) is 10.6. The highest BCUT2D eigenvalue weighted by Crippen LogP contribution is 2.24. The molecule has 0 aliphatic carbocycles. The van der Waals surface area contributed by atoms with Crippen molar-refractivity contribution in [3.05, 3.63) is 59.4 Å². The quantitative estimate of drug-likeness (QED) is 0.385. The molecule has 4 N–H and O–H groups in total. The Balaban J connectivity index is 2.09. The van der Waals surface area contributed by atoms with Crippen LogP contribution in [0.2, 0.25) is 0 Å². The molecule has 0 atom stereocenters. The van der Waals surface area contributed by atoms with E-state index in [1.54, 1.807) is 30.3 Å². The minimum atomic E-state index is -0.498. The Morgan fingerprint density at radius 2 is 1.85 bits per heavy atom. The van der Waals surface area contributed by atoms with Gasteiger partial charge in [-0.3, -0.25) is 9.63 Å². The van der Waals surface area contributed by atoms with Crippen LogP contribution < -0.4 is 10.8 Å². The first kappa shape index (κ1) is 19.8. The van der Waals surface area contributed by atoms with E-state index < -0.39 is 11.7 Å². The van der Waals surface area contributed by atoms with E-state index in [1.807, 2.05) is 6.07 Å². The number of rotatable bonds is 10. The molecule has 26 heavy (non-hydrogen) atoms. The van der Waals surface area contributed by atoms with Crippen molar-refractivity contribution in [2.75, 3.05) is 25.1 Å². The van der Waals surface area contributed by atoms with Gasteiger partial charge in [0.1, 0.15) is 5.82 Å². The van der Waals surface area contributed by atoms with Crippen LogP contribution in [0.15, 0.2) is 42.5 Å². The summed E-state index contributed by atoms with van der Waals surface area (Å²) < 4.78 is 14.4. The highest BCUT2D eigenvalue weighted by molar-refractivity contribution is 5.99. The van der Waals surface area contributed by atoms with Crippen LogP contribution in [0.1, 0.15) is 28.8 Å². The standard InChI is InChI=1S/C19H23FN2O4/c20-16-13-14(5-3-4-10-23)8-9-18(16)21-17-7-2-1-6-15(17)19(25)22-26-12-11-24/h1-2,6-9,13,21,23-24H,3-5,10-12H2,(H,22,25). The van der Waals surface area contributed by atoms with Crippen molar-refractivity contribution in [1.29, 1.82) is 0 Å². The van der Waals surface area contributed by atoms with E-state index in [-0.39, 0.29) is 31.1 Å². The Bertz CT molecular complexity index is 724. The molecule has 2 rings (SSSR count). The van der Waals surface area contributed by atoms with Crippen LogP contribution in [-0.4, -0.2) is 35.9 Å². The van der Waals surface area contributed by atoms with Crippen molar-refractivity contribution < 1.29 is 24.2 Å². The summed E-state index contributed by atoms with van der Waals surface area (Å²) >= 11 is 0. The number of carbonyl (C=O) groups is 1. The molecular weight excluding hydrogens is 339 g/mol. The number of anilines is 2. The molecule has 0 fully saturated rings. The van der Waals surface area contributed by atoms with Gasteiger partial charge in [-0.15, -0.1) is 0 Å². The van der Waals surface area contributed by atoms with Gasteiger partial charge in [0.2, 0.25) is 0 Å². The van der Waals surface area contributed by atoms with Gasteiger partial charge in [0, 0.05) is 6.61 Å². The molecule has 0 saturated carbocycles. The number of hydrogen-bond acceptors (Lipinski definition) is 5. The summed E-state index contributed by atoms with van der Waals surface area (Å²) in [6.07, 6.45) is 2.17. The number of halogens is 1. The monoisotopic (exact) mass is 362 g/mol. The van der Waals surface area contributed by atoms with Crippen LogP contribution in [-0.2, 0) is 11.3 Å². The fourth-order valence-corrected chi connectivity index (χ4v) is 2.41. The zero-order chi connectivity index (χ0) is 18.8. The van der Waals surface area contributed by atoms with Crippen molar-refractivity contribution in [2.24, 2.45) is 0 Å². The number of nitrogens with one attached hydrogen (secondary N) is 2. The predicted molar refractivity (Wildman–Crippen MR) is 96.7 cm³/mol. The fraction of sp³-hybridized carbons (Fsp3) is 0.316. The molecule has 0 spiro atoms. The van der Waals surface area contributed by atoms with Gasteiger partial charge in [-0.2, -0.15) is 0 Å². The molecule has 1 amide bonds. The summed E-state index contributed by atoms with van der Waals surface area (Å²) in [6.45, 7) is -0.104. The number of aryl methyl sites for hydroxylation is 1. The Kier molecular flexibility index (Phi) is 8.01. The number of benzene rings is 2. The summed E-state index contributed by atoms with van der Waals surface area (Å²) in [5, 5.41) is 20.4. The Morgan fingerprint density at radius 3 is 2.58 bits per heavy atom. The van der Waals surface area contributed by atoms with Crippen LogP contribution in [0.4, 0.5) is 15.8 Å². The second kappa shape index (κ2) is 10.5. The zero-order valence-electron chi connectivity index (χ0n) is 14.4. The van der Waals surface area contributed by atoms with Crippen LogP contribution in [0.3, 0.4) is 0 Å². The topological polar surface area (TPSA) is 90.8 Å². The first-order chi connectivity index (χ1) is 12.7. The molecule has 0 bridgehead atoms. The Morgan fingerprint density at radius 1 is 1.04 bits per heavy atom. The lowest BCUT2D eigenvalue weighted by Crippen LogP contribution is -2.25. The first-order valence-corrected chi connectivity index (χ1v) is 8.44. The third-order valence-corrected chi connectivity index (χ3v) is 3.71. The van der Waals surface area contributed by atoms with Gasteiger partial charge in [-0.25, -0.2) is 9.87 Å². The molecule has 0 aromatic heterocycles. The fourth-order valence-electron chi connectivity index (χ4n) is 2.41. The smallest absolute Gasteiger partial charge is 0.276 e. The molecule has 0 aliphatic heterocycles. The lowest BCUT2D eigenvalue weighted by atomic mass is 10.1. The average molecular weight is 362 g/mol. The summed E-state index contributed by atoms with van der Waals surface area (Å²) in [5.41, 5.74) is 4.06. The number of aliphatic hydroxyl groups excluding tert-OH is 2. The third kappa shape index (κ3) is 5.80. The van der Waals surface area contributed by atoms with Crippen molar-refractivity contribution in [3.8, 4) is 0 Å². The minimum Gasteiger partial charge on any atom is -0.396 e. The number of hydroxylamine groups is 1. The van der Waals surface area contributed by atoms with Crippen LogP contribution in [0.5, 0.6) is 0 Å². The largest absolute Gasteiger partial charge is 0.396 e. The van der Waals surface area contributed by atoms with Crippen molar-refractivity contribution in [2.45, 2.75) is 19.3 Å². The van der Waals surface area contributed by atoms with E-state index in [0.717, 1.165) is 12.0 Å². The molecule has 0 unspecified atom stereocenters. The van der Waals surface area contributed by atoms with E-state index >= 15 is 0 Å². The summed E-state index contributed by atoms with van der Waals surface area (Å²) in [4.78, 5) is 17.0. The number of amides is 1. The van der Waals surface area contributed by atoms with Crippen LogP contribution in [0, 0.1) is 5.82 Å². The van der Waals surface area contributed by atoms with Crippen LogP contribution in [0.25, 0.3) is 0 Å². The van der Waals surface area contributed by atoms with Gasteiger partial charge in [0.05, 0.1) is 30.2 Å². The SMILES string of the molecule is O=C(NOCCO)c1ccccc1Nc1ccc(CCCCO)cc1F. The summed E-state index contributed by atoms with van der Waals surface area (Å²) in [7, 11) is 0. The molecule has 140 valence electrons. The number of carbonyl (C=O) groups excluding carboxylic acids is 1. The molecule has 6 nitrogen and oxygen atoms in total. The Hall–Kier alpha value is -2.48. The predicted octanol–water partition coefficient (Wildman–Crippen LogP) is 2.54. The maximum Gasteiger partial charge on any atom is 0.276 e. The van der Waals surface area contributed by atoms with Crippen LogP contribution >= 0.6 is 0 Å². The second-order valence-corrected chi connectivity index (χ2v) is 5.67. The minimum absolute atomic E-state index is 0.0201. The van der Waals surface area contributed by atoms with Gasteiger partial charge in [-0.1, -0.05) is 18.2 Å². The van der Waals surface area contributed by atoms with Gasteiger partial charge in [0.25, 0.3) is 5.91 Å². The van der Waals surface area contributed by atoms with E-state index in [2.05, 4.69) is 10.8 Å². The van der Waals surface area contributed by atoms with Gasteiger partial charge in [-0.05, 0) is 49.1 Å². The molecular formula is C19H23FN2O4. The molecule has 0 radical (unpaired) electrons. The van der Waals surface area contributed by atoms with E-state index in [1.165, 1.54) is 6.07 Å². The van der Waals surface area contributed by atoms with Gasteiger partial charge >= 0.3 is 0 Å². The highest BCUT2D eigenvalue weighted by atomic mass is 19.1. The van der Waals surface area contributed by atoms with Gasteiger partial charge < -0.3 is 15.5 Å². The van der Waals surface area contributed by atoms with Crippen molar-refractivity contribution in [1.82, 2.24) is 5.48 Å². The molecule has 0 aliphatic rings. The summed E-state index contributed by atoms with van der Waals surface area (Å²) in [6, 6.07) is 11.6. The first-order valence-electron chi connectivity index (χ1n) is 8.44. The third-order valence-electron chi connectivity index (χ3n) is 3.71. The lowest BCUT2D eigenvalue weighted by Gasteiger charge is -2.13. The lowest BCUT2D eigenvalue weighted by molar-refractivity contribution is 0.0169. The number of hydrogen-bond donors (Lipinski definition) is 4. The maximum atomic E-state index is 14.4. The average Bonchev–Trinajstić information content (AvgIpc) is 2.64. The molecule has 2 aromatic carbocycles. The highest BCUT2D eigenvalue weighted by Gasteiger charge is 2.13. The van der Waals surface area contributed by atoms with E-state index in [9.17, 15) is 9.18 Å². The van der Waals surface area contributed by atoms with Crippen molar-refractivity contribution in [3.63, 3.8) is 0 Å². The summed E-state index contributed by atoms with van der Waals surface area (Å²) in [5.74, 6) is -0.916.